The lowest BCUT2D eigenvalue weighted by Gasteiger charge is -2.23. The van der Waals surface area contributed by atoms with Crippen LogP contribution in [0.5, 0.6) is 5.75 Å². The number of aliphatic carboxylic acids is 1. The first kappa shape index (κ1) is 25.0. The van der Waals surface area contributed by atoms with Crippen LogP contribution in [-0.4, -0.2) is 54.8 Å². The van der Waals surface area contributed by atoms with Crippen LogP contribution in [0.1, 0.15) is 50.5 Å². The summed E-state index contributed by atoms with van der Waals surface area (Å²) in [6, 6.07) is 17.8. The van der Waals surface area contributed by atoms with Gasteiger partial charge in [0.1, 0.15) is 17.3 Å². The average Bonchev–Trinajstić information content (AvgIpc) is 3.08. The van der Waals surface area contributed by atoms with Gasteiger partial charge in [-0.2, -0.15) is 4.31 Å². The smallest absolute Gasteiger partial charge is 0.304 e. The molecule has 3 aromatic rings. The number of carboxylic acid groups (broad SMARTS) is 1. The van der Waals surface area contributed by atoms with Crippen molar-refractivity contribution in [3.63, 3.8) is 0 Å². The predicted octanol–water partition coefficient (Wildman–Crippen LogP) is 3.77. The van der Waals surface area contributed by atoms with E-state index in [-0.39, 0.29) is 36.9 Å². The second-order valence-corrected chi connectivity index (χ2v) is 11.5. The van der Waals surface area contributed by atoms with E-state index in [2.05, 4.69) is 0 Å². The Morgan fingerprint density at radius 1 is 1.08 bits per heavy atom. The van der Waals surface area contributed by atoms with Gasteiger partial charge < -0.3 is 14.7 Å². The van der Waals surface area contributed by atoms with Crippen molar-refractivity contribution in [2.24, 2.45) is 0 Å². The molecule has 192 valence electrons. The molecule has 2 aliphatic rings. The molecule has 0 fully saturated rings. The van der Waals surface area contributed by atoms with Crippen molar-refractivity contribution in [2.45, 2.75) is 37.2 Å². The Balaban J connectivity index is 1.50. The number of ether oxygens (including phenoxy) is 1. The lowest BCUT2D eigenvalue weighted by molar-refractivity contribution is -0.137. The van der Waals surface area contributed by atoms with Crippen molar-refractivity contribution in [3.05, 3.63) is 94.0 Å². The highest BCUT2D eigenvalue weighted by atomic mass is 32.2. The monoisotopic (exact) mass is 520 g/mol. The molecule has 0 radical (unpaired) electrons. The van der Waals surface area contributed by atoms with E-state index < -0.39 is 21.9 Å². The van der Waals surface area contributed by atoms with Gasteiger partial charge in [0, 0.05) is 38.2 Å². The molecule has 1 atom stereocenters. The minimum Gasteiger partial charge on any atom is -0.491 e. The Morgan fingerprint density at radius 2 is 1.81 bits per heavy atom. The second kappa shape index (κ2) is 9.64. The standard InChI is InChI=1S/C28H28N2O6S/c1-18-7-8-19(24(15-27(31)32)20-9-10-23-22(14-20)16-29(2)28(23)33)13-21(18)17-30-11-12-36-25-5-3-4-6-26(25)37(30,34)35/h3-10,13-14,24H,11-12,15-17H2,1-2H3,(H,31,32). The molecule has 2 aliphatic heterocycles. The van der Waals surface area contributed by atoms with Gasteiger partial charge in [-0.05, 0) is 52.9 Å². The number of hydrogen-bond acceptors (Lipinski definition) is 5. The summed E-state index contributed by atoms with van der Waals surface area (Å²) in [5.74, 6) is -1.09. The lowest BCUT2D eigenvalue weighted by atomic mass is 9.85. The van der Waals surface area contributed by atoms with Gasteiger partial charge in [0.15, 0.2) is 0 Å². The highest BCUT2D eigenvalue weighted by Crippen LogP contribution is 2.34. The maximum absolute atomic E-state index is 13.4. The molecule has 0 saturated heterocycles. The summed E-state index contributed by atoms with van der Waals surface area (Å²) in [7, 11) is -2.04. The SMILES string of the molecule is Cc1ccc(C(CC(=O)O)c2ccc3c(c2)CN(C)C3=O)cc1CN1CCOc2ccccc2S1(=O)=O. The van der Waals surface area contributed by atoms with Crippen LogP contribution in [0.25, 0.3) is 0 Å². The number of hydrogen-bond donors (Lipinski definition) is 1. The number of rotatable bonds is 6. The molecule has 9 heteroatoms. The van der Waals surface area contributed by atoms with Gasteiger partial charge in [-0.3, -0.25) is 9.59 Å². The van der Waals surface area contributed by atoms with E-state index in [1.54, 1.807) is 42.3 Å². The minimum absolute atomic E-state index is 0.0434. The predicted molar refractivity (Wildman–Crippen MR) is 137 cm³/mol. The van der Waals surface area contributed by atoms with E-state index in [4.69, 9.17) is 4.74 Å². The summed E-state index contributed by atoms with van der Waals surface area (Å²) in [5, 5.41) is 9.70. The van der Waals surface area contributed by atoms with Gasteiger partial charge in [0.2, 0.25) is 10.0 Å². The van der Waals surface area contributed by atoms with Crippen LogP contribution in [0.3, 0.4) is 0 Å². The maximum Gasteiger partial charge on any atom is 0.304 e. The zero-order valence-electron chi connectivity index (χ0n) is 20.7. The van der Waals surface area contributed by atoms with Crippen LogP contribution in [0.2, 0.25) is 0 Å². The molecule has 2 heterocycles. The fourth-order valence-corrected chi connectivity index (χ4v) is 6.57. The highest BCUT2D eigenvalue weighted by Gasteiger charge is 2.31. The van der Waals surface area contributed by atoms with Crippen LogP contribution < -0.4 is 4.74 Å². The van der Waals surface area contributed by atoms with Gasteiger partial charge in [0.05, 0.1) is 6.42 Å². The first-order valence-corrected chi connectivity index (χ1v) is 13.5. The van der Waals surface area contributed by atoms with Gasteiger partial charge in [-0.25, -0.2) is 8.42 Å². The third kappa shape index (κ3) is 4.72. The number of carbonyl (C=O) groups excluding carboxylic acids is 1. The largest absolute Gasteiger partial charge is 0.491 e. The Bertz CT molecular complexity index is 1500. The first-order chi connectivity index (χ1) is 17.6. The molecule has 3 aromatic carbocycles. The van der Waals surface area contributed by atoms with Crippen molar-refractivity contribution >= 4 is 21.9 Å². The minimum atomic E-state index is -3.78. The van der Waals surface area contributed by atoms with Gasteiger partial charge >= 0.3 is 5.97 Å². The lowest BCUT2D eigenvalue weighted by Crippen LogP contribution is -2.32. The Morgan fingerprint density at radius 3 is 2.59 bits per heavy atom. The summed E-state index contributed by atoms with van der Waals surface area (Å²) in [6.45, 7) is 2.97. The van der Waals surface area contributed by atoms with E-state index in [0.717, 1.165) is 27.8 Å². The number of sulfonamides is 1. The van der Waals surface area contributed by atoms with E-state index >= 15 is 0 Å². The fourth-order valence-electron chi connectivity index (χ4n) is 5.04. The molecule has 0 aromatic heterocycles. The number of fused-ring (bicyclic) bond motifs is 2. The first-order valence-electron chi connectivity index (χ1n) is 12.1. The number of para-hydroxylation sites is 1. The van der Waals surface area contributed by atoms with Gasteiger partial charge in [-0.1, -0.05) is 42.5 Å². The van der Waals surface area contributed by atoms with Crippen LogP contribution in [0, 0.1) is 6.92 Å². The molecule has 8 nitrogen and oxygen atoms in total. The van der Waals surface area contributed by atoms with Crippen molar-refractivity contribution in [1.82, 2.24) is 9.21 Å². The maximum atomic E-state index is 13.4. The third-order valence-corrected chi connectivity index (χ3v) is 8.97. The zero-order valence-corrected chi connectivity index (χ0v) is 21.5. The highest BCUT2D eigenvalue weighted by molar-refractivity contribution is 7.89. The molecule has 1 unspecified atom stereocenters. The number of carboxylic acids is 1. The number of benzene rings is 3. The van der Waals surface area contributed by atoms with Gasteiger partial charge in [0.25, 0.3) is 5.91 Å². The summed E-state index contributed by atoms with van der Waals surface area (Å²) in [4.78, 5) is 25.9. The summed E-state index contributed by atoms with van der Waals surface area (Å²) < 4.78 is 33.9. The number of carbonyl (C=O) groups is 2. The van der Waals surface area contributed by atoms with E-state index in [0.29, 0.717) is 17.9 Å². The van der Waals surface area contributed by atoms with Crippen molar-refractivity contribution in [2.75, 3.05) is 20.2 Å². The molecule has 37 heavy (non-hydrogen) atoms. The summed E-state index contributed by atoms with van der Waals surface area (Å²) >= 11 is 0. The fraction of sp³-hybridized carbons (Fsp3) is 0.286. The molecule has 1 amide bonds. The molecule has 0 bridgehead atoms. The quantitative estimate of drug-likeness (QED) is 0.531. The normalized spacial score (nSPS) is 17.5. The van der Waals surface area contributed by atoms with E-state index in [1.807, 2.05) is 37.3 Å². The number of aryl methyl sites for hydroxylation is 1. The Hall–Kier alpha value is -3.69. The van der Waals surface area contributed by atoms with Crippen LogP contribution in [0.4, 0.5) is 0 Å². The van der Waals surface area contributed by atoms with Crippen molar-refractivity contribution in [3.8, 4) is 5.75 Å². The topological polar surface area (TPSA) is 104 Å². The molecular formula is C28H28N2O6S. The van der Waals surface area contributed by atoms with E-state index in [1.165, 1.54) is 4.31 Å². The van der Waals surface area contributed by atoms with Crippen molar-refractivity contribution < 1.29 is 27.9 Å². The Kier molecular flexibility index (Phi) is 6.51. The third-order valence-electron chi connectivity index (χ3n) is 7.08. The van der Waals surface area contributed by atoms with Crippen LogP contribution in [-0.2, 0) is 27.9 Å². The van der Waals surface area contributed by atoms with Crippen molar-refractivity contribution in [1.29, 1.82) is 0 Å². The van der Waals surface area contributed by atoms with Crippen LogP contribution in [0.15, 0.2) is 65.6 Å². The van der Waals surface area contributed by atoms with Gasteiger partial charge in [-0.15, -0.1) is 0 Å². The summed E-state index contributed by atoms with van der Waals surface area (Å²) in [6.07, 6.45) is -0.131. The number of amides is 1. The average molecular weight is 521 g/mol. The Labute approximate surface area is 216 Å². The number of nitrogens with zero attached hydrogens (tertiary/aromatic N) is 2. The second-order valence-electron chi connectivity index (χ2n) is 9.55. The van der Waals surface area contributed by atoms with Crippen LogP contribution >= 0.6 is 0 Å². The molecule has 0 spiro atoms. The zero-order chi connectivity index (χ0) is 26.3. The summed E-state index contributed by atoms with van der Waals surface area (Å²) in [5.41, 5.74) is 4.81. The molecule has 0 aliphatic carbocycles. The molecule has 1 N–H and O–H groups in total. The molecule has 0 saturated carbocycles. The molecular weight excluding hydrogens is 492 g/mol. The molecule has 5 rings (SSSR count). The van der Waals surface area contributed by atoms with E-state index in [9.17, 15) is 23.1 Å².